The molecule has 0 saturated heterocycles. The van der Waals surface area contributed by atoms with E-state index in [-0.39, 0.29) is 5.78 Å². The van der Waals surface area contributed by atoms with Crippen molar-refractivity contribution in [3.63, 3.8) is 0 Å². The number of rotatable bonds is 3. The van der Waals surface area contributed by atoms with E-state index in [0.29, 0.717) is 17.3 Å². The second kappa shape index (κ2) is 9.43. The van der Waals surface area contributed by atoms with Crippen molar-refractivity contribution in [2.45, 2.75) is 34.1 Å². The zero-order chi connectivity index (χ0) is 20.8. The zero-order valence-corrected chi connectivity index (χ0v) is 18.0. The summed E-state index contributed by atoms with van der Waals surface area (Å²) in [6.45, 7) is 7.94. The molecule has 0 radical (unpaired) electrons. The summed E-state index contributed by atoms with van der Waals surface area (Å²) in [5.74, 6) is -0.0155. The van der Waals surface area contributed by atoms with Gasteiger partial charge in [0.15, 0.2) is 0 Å². The van der Waals surface area contributed by atoms with Gasteiger partial charge in [-0.05, 0) is 30.5 Å². The molecule has 1 aromatic heterocycles. The number of nitrogens with one attached hydrogen (secondary N) is 1. The largest absolute Gasteiger partial charge is 0.287 e. The Hall–Kier alpha value is -3.05. The summed E-state index contributed by atoms with van der Waals surface area (Å²) >= 11 is 1.52. The van der Waals surface area contributed by atoms with E-state index in [1.165, 1.54) is 11.3 Å². The first-order valence-electron chi connectivity index (χ1n) is 9.84. The molecule has 0 amide bonds. The SMILES string of the molecule is C/C=c1/nc(N/N=C2/Cc3cc(-c4ccccc4)ccc3C2=O)s/c1=C/C.CC. The molecule has 148 valence electrons. The average Bonchev–Trinajstić information content (AvgIpc) is 3.34. The highest BCUT2D eigenvalue weighted by Crippen LogP contribution is 2.27. The van der Waals surface area contributed by atoms with Gasteiger partial charge in [0.25, 0.3) is 0 Å². The van der Waals surface area contributed by atoms with E-state index in [2.05, 4.69) is 33.7 Å². The molecule has 4 nitrogen and oxygen atoms in total. The van der Waals surface area contributed by atoms with Crippen LogP contribution >= 0.6 is 11.3 Å². The maximum absolute atomic E-state index is 12.7. The van der Waals surface area contributed by atoms with Crippen LogP contribution in [0.2, 0.25) is 0 Å². The third-order valence-electron chi connectivity index (χ3n) is 4.58. The summed E-state index contributed by atoms with van der Waals surface area (Å²) in [6, 6.07) is 16.2. The fourth-order valence-electron chi connectivity index (χ4n) is 3.20. The van der Waals surface area contributed by atoms with Crippen LogP contribution < -0.4 is 15.3 Å². The Morgan fingerprint density at radius 3 is 2.45 bits per heavy atom. The van der Waals surface area contributed by atoms with Crippen LogP contribution in [-0.4, -0.2) is 16.5 Å². The number of nitrogens with zero attached hydrogens (tertiary/aromatic N) is 2. The molecule has 29 heavy (non-hydrogen) atoms. The van der Waals surface area contributed by atoms with Gasteiger partial charge in [0.1, 0.15) is 5.71 Å². The molecular formula is C24H25N3OS. The smallest absolute Gasteiger partial charge is 0.209 e. The molecular weight excluding hydrogens is 378 g/mol. The second-order valence-electron chi connectivity index (χ2n) is 6.26. The van der Waals surface area contributed by atoms with E-state index >= 15 is 0 Å². The Labute approximate surface area is 175 Å². The Morgan fingerprint density at radius 2 is 1.79 bits per heavy atom. The van der Waals surface area contributed by atoms with Crippen molar-refractivity contribution in [3.8, 4) is 11.1 Å². The Bertz CT molecular complexity index is 1130. The predicted octanol–water partition coefficient (Wildman–Crippen LogP) is 4.64. The molecule has 1 aliphatic rings. The molecule has 0 atom stereocenters. The molecule has 5 heteroatoms. The Balaban J connectivity index is 0.00000117. The Morgan fingerprint density at radius 1 is 1.03 bits per heavy atom. The minimum atomic E-state index is -0.0155. The van der Waals surface area contributed by atoms with Crippen molar-refractivity contribution in [2.24, 2.45) is 5.10 Å². The van der Waals surface area contributed by atoms with Crippen molar-refractivity contribution in [3.05, 3.63) is 69.5 Å². The van der Waals surface area contributed by atoms with E-state index in [0.717, 1.165) is 32.1 Å². The number of ketones is 1. The van der Waals surface area contributed by atoms with Crippen LogP contribution in [0.3, 0.4) is 0 Å². The highest BCUT2D eigenvalue weighted by Gasteiger charge is 2.27. The summed E-state index contributed by atoms with van der Waals surface area (Å²) in [5.41, 5.74) is 7.50. The number of carbonyl (C=O) groups excluding carboxylic acids is 1. The molecule has 0 spiro atoms. The van der Waals surface area contributed by atoms with E-state index in [4.69, 9.17) is 0 Å². The highest BCUT2D eigenvalue weighted by molar-refractivity contribution is 7.13. The topological polar surface area (TPSA) is 54.4 Å². The van der Waals surface area contributed by atoms with Crippen molar-refractivity contribution in [2.75, 3.05) is 5.43 Å². The molecule has 1 aliphatic carbocycles. The molecule has 2 aromatic carbocycles. The highest BCUT2D eigenvalue weighted by atomic mass is 32.1. The van der Waals surface area contributed by atoms with Crippen LogP contribution in [0.5, 0.6) is 0 Å². The lowest BCUT2D eigenvalue weighted by molar-refractivity contribution is 0.106. The first kappa shape index (κ1) is 20.7. The zero-order valence-electron chi connectivity index (χ0n) is 17.2. The number of hydrogen-bond acceptors (Lipinski definition) is 5. The van der Waals surface area contributed by atoms with Gasteiger partial charge in [-0.3, -0.25) is 10.2 Å². The van der Waals surface area contributed by atoms with Gasteiger partial charge in [-0.1, -0.05) is 85.9 Å². The molecule has 1 N–H and O–H groups in total. The number of benzene rings is 2. The van der Waals surface area contributed by atoms with Crippen LogP contribution in [0.25, 0.3) is 23.3 Å². The van der Waals surface area contributed by atoms with Crippen molar-refractivity contribution < 1.29 is 4.79 Å². The van der Waals surface area contributed by atoms with Gasteiger partial charge < -0.3 is 0 Å². The summed E-state index contributed by atoms with van der Waals surface area (Å²) < 4.78 is 1.09. The monoisotopic (exact) mass is 403 g/mol. The second-order valence-corrected chi connectivity index (χ2v) is 7.29. The fourth-order valence-corrected chi connectivity index (χ4v) is 4.03. The number of carbonyl (C=O) groups is 1. The van der Waals surface area contributed by atoms with Crippen molar-refractivity contribution in [1.29, 1.82) is 0 Å². The molecule has 0 bridgehead atoms. The number of Topliss-reactive ketones (excluding diaryl/α,β-unsaturated/α-hetero) is 1. The predicted molar refractivity (Wildman–Crippen MR) is 124 cm³/mol. The molecule has 0 aliphatic heterocycles. The minimum Gasteiger partial charge on any atom is -0.287 e. The number of aromatic nitrogens is 1. The summed E-state index contributed by atoms with van der Waals surface area (Å²) in [6.07, 6.45) is 4.52. The molecule has 4 rings (SSSR count). The maximum Gasteiger partial charge on any atom is 0.209 e. The van der Waals surface area contributed by atoms with Crippen LogP contribution in [0.15, 0.2) is 53.6 Å². The number of hydrazone groups is 1. The van der Waals surface area contributed by atoms with Crippen LogP contribution in [0.1, 0.15) is 43.6 Å². The molecule has 0 unspecified atom stereocenters. The third-order valence-corrected chi connectivity index (χ3v) is 5.62. The van der Waals surface area contributed by atoms with E-state index < -0.39 is 0 Å². The van der Waals surface area contributed by atoms with Gasteiger partial charge in [0.05, 0.1) is 9.88 Å². The first-order chi connectivity index (χ1) is 14.2. The molecule has 0 fully saturated rings. The lowest BCUT2D eigenvalue weighted by Gasteiger charge is -2.03. The summed E-state index contributed by atoms with van der Waals surface area (Å²) in [5, 5.41) is 5.97. The molecule has 3 aromatic rings. The number of anilines is 1. The first-order valence-corrected chi connectivity index (χ1v) is 10.7. The van der Waals surface area contributed by atoms with Crippen molar-refractivity contribution >= 4 is 40.1 Å². The van der Waals surface area contributed by atoms with Crippen molar-refractivity contribution in [1.82, 2.24) is 4.98 Å². The third kappa shape index (κ3) is 4.35. The average molecular weight is 404 g/mol. The quantitative estimate of drug-likeness (QED) is 0.648. The summed E-state index contributed by atoms with van der Waals surface area (Å²) in [4.78, 5) is 17.1. The number of hydrogen-bond donors (Lipinski definition) is 1. The van der Waals surface area contributed by atoms with Crippen LogP contribution in [-0.2, 0) is 6.42 Å². The summed E-state index contributed by atoms with van der Waals surface area (Å²) in [7, 11) is 0. The molecule has 1 heterocycles. The van der Waals surface area contributed by atoms with E-state index in [1.54, 1.807) is 0 Å². The van der Waals surface area contributed by atoms with Gasteiger partial charge in [-0.15, -0.1) is 0 Å². The normalized spacial score (nSPS) is 15.3. The number of thiazole rings is 1. The van der Waals surface area contributed by atoms with E-state index in [1.807, 2.05) is 70.2 Å². The van der Waals surface area contributed by atoms with Gasteiger partial charge in [-0.2, -0.15) is 5.10 Å². The van der Waals surface area contributed by atoms with Crippen LogP contribution in [0, 0.1) is 0 Å². The van der Waals surface area contributed by atoms with Gasteiger partial charge in [0, 0.05) is 12.0 Å². The number of fused-ring (bicyclic) bond motifs is 1. The van der Waals surface area contributed by atoms with E-state index in [9.17, 15) is 4.79 Å². The lowest BCUT2D eigenvalue weighted by atomic mass is 10.0. The van der Waals surface area contributed by atoms with Crippen LogP contribution in [0.4, 0.5) is 5.13 Å². The van der Waals surface area contributed by atoms with Gasteiger partial charge in [0.2, 0.25) is 10.9 Å². The molecule has 0 saturated carbocycles. The lowest BCUT2D eigenvalue weighted by Crippen LogP contribution is -2.19. The maximum atomic E-state index is 12.7. The minimum absolute atomic E-state index is 0.0155. The van der Waals surface area contributed by atoms with Gasteiger partial charge in [-0.25, -0.2) is 4.98 Å². The fraction of sp³-hybridized carbons (Fsp3) is 0.208. The van der Waals surface area contributed by atoms with Gasteiger partial charge >= 0.3 is 0 Å². The standard InChI is InChI=1S/C22H19N3OS.C2H6/c1-3-18-20(4-2)27-22(23-18)25-24-19-13-16-12-15(10-11-17(16)21(19)26)14-8-6-5-7-9-14;1-2/h3-12H,13H2,1-2H3,(H,23,25);1-2H3/b18-3+,20-4+,24-19-;. The Kier molecular flexibility index (Phi) is 6.73.